The Morgan fingerprint density at radius 3 is 2.58 bits per heavy atom. The maximum absolute atomic E-state index is 12.7. The number of carbonyl (C=O) groups excluding carboxylic acids is 1. The van der Waals surface area contributed by atoms with Crippen LogP contribution < -0.4 is 5.11 Å². The van der Waals surface area contributed by atoms with E-state index in [1.54, 1.807) is 12.4 Å². The van der Waals surface area contributed by atoms with E-state index >= 15 is 0 Å². The zero-order valence-electron chi connectivity index (χ0n) is 12.5. The Bertz CT molecular complexity index is 757. The van der Waals surface area contributed by atoms with E-state index in [-0.39, 0.29) is 6.10 Å². The highest BCUT2D eigenvalue weighted by molar-refractivity contribution is 5.69. The first-order valence-electron chi connectivity index (χ1n) is 7.32. The molecule has 1 heterocycles. The lowest BCUT2D eigenvalue weighted by molar-refractivity contribution is -0.310. The number of pyridine rings is 1. The van der Waals surface area contributed by atoms with E-state index in [0.717, 1.165) is 28.8 Å². The highest BCUT2D eigenvalue weighted by Crippen LogP contribution is 2.39. The van der Waals surface area contributed by atoms with Crippen molar-refractivity contribution in [3.8, 4) is 11.1 Å². The predicted octanol–water partition coefficient (Wildman–Crippen LogP) is 2.52. The van der Waals surface area contributed by atoms with Crippen molar-refractivity contribution in [3.05, 3.63) is 53.3 Å². The first-order valence-corrected chi connectivity index (χ1v) is 7.32. The van der Waals surface area contributed by atoms with Crippen LogP contribution in [0.15, 0.2) is 36.7 Å². The van der Waals surface area contributed by atoms with Crippen molar-refractivity contribution in [3.63, 3.8) is 0 Å². The second-order valence-electron chi connectivity index (χ2n) is 5.54. The van der Waals surface area contributed by atoms with Crippen molar-refractivity contribution < 1.29 is 27.8 Å². The van der Waals surface area contributed by atoms with Crippen LogP contribution in [-0.4, -0.2) is 17.6 Å². The Labute approximate surface area is 135 Å². The van der Waals surface area contributed by atoms with Gasteiger partial charge in [0.15, 0.2) is 0 Å². The van der Waals surface area contributed by atoms with E-state index in [2.05, 4.69) is 4.98 Å². The fraction of sp³-hybridized carbons (Fsp3) is 0.294. The number of fused-ring (bicyclic) bond motifs is 1. The number of rotatable bonds is 4. The van der Waals surface area contributed by atoms with Crippen LogP contribution in [0.5, 0.6) is 0 Å². The van der Waals surface area contributed by atoms with Gasteiger partial charge in [-0.25, -0.2) is 0 Å². The third-order valence-corrected chi connectivity index (χ3v) is 4.02. The molecule has 1 atom stereocenters. The van der Waals surface area contributed by atoms with Crippen molar-refractivity contribution in [2.24, 2.45) is 0 Å². The molecule has 0 fully saturated rings. The van der Waals surface area contributed by atoms with Gasteiger partial charge in [-0.15, -0.1) is 0 Å². The van der Waals surface area contributed by atoms with Gasteiger partial charge in [-0.05, 0) is 36.1 Å². The molecule has 24 heavy (non-hydrogen) atoms. The molecule has 1 unspecified atom stereocenters. The van der Waals surface area contributed by atoms with Crippen LogP contribution in [0.1, 0.15) is 29.2 Å². The van der Waals surface area contributed by atoms with Gasteiger partial charge in [0, 0.05) is 23.5 Å². The Balaban J connectivity index is 1.90. The maximum atomic E-state index is 12.7. The molecule has 0 saturated heterocycles. The van der Waals surface area contributed by atoms with Gasteiger partial charge >= 0.3 is 6.18 Å². The molecule has 0 bridgehead atoms. The fourth-order valence-electron chi connectivity index (χ4n) is 2.92. The minimum atomic E-state index is -4.38. The largest absolute Gasteiger partial charge is 0.548 e. The van der Waals surface area contributed by atoms with Crippen molar-refractivity contribution in [1.82, 2.24) is 4.98 Å². The van der Waals surface area contributed by atoms with Gasteiger partial charge in [-0.2, -0.15) is 13.2 Å². The molecule has 3 rings (SSSR count). The average Bonchev–Trinajstić information content (AvgIpc) is 2.95. The molecule has 1 aromatic carbocycles. The second kappa shape index (κ2) is 6.24. The molecule has 0 aliphatic heterocycles. The maximum Gasteiger partial charge on any atom is 0.416 e. The summed E-state index contributed by atoms with van der Waals surface area (Å²) in [4.78, 5) is 14.6. The number of aromatic nitrogens is 1. The summed E-state index contributed by atoms with van der Waals surface area (Å²) in [5.74, 6) is -1.30. The predicted molar refractivity (Wildman–Crippen MR) is 76.7 cm³/mol. The molecule has 4 nitrogen and oxygen atoms in total. The molecule has 0 radical (unpaired) electrons. The molecule has 0 saturated carbocycles. The zero-order valence-corrected chi connectivity index (χ0v) is 12.5. The first-order chi connectivity index (χ1) is 11.4. The molecule has 7 heteroatoms. The van der Waals surface area contributed by atoms with Crippen LogP contribution in [0.25, 0.3) is 11.1 Å². The van der Waals surface area contributed by atoms with Crippen molar-refractivity contribution in [2.45, 2.75) is 25.1 Å². The summed E-state index contributed by atoms with van der Waals surface area (Å²) in [6, 6.07) is 4.90. The molecule has 0 amide bonds. The number of nitrogens with zero attached hydrogens (tertiary/aromatic N) is 1. The number of hydrogen-bond donors (Lipinski definition) is 0. The van der Waals surface area contributed by atoms with Crippen LogP contribution >= 0.6 is 0 Å². The van der Waals surface area contributed by atoms with E-state index in [4.69, 9.17) is 4.74 Å². The van der Waals surface area contributed by atoms with Gasteiger partial charge < -0.3 is 14.6 Å². The van der Waals surface area contributed by atoms with E-state index < -0.39 is 24.3 Å². The second-order valence-corrected chi connectivity index (χ2v) is 5.54. The van der Waals surface area contributed by atoms with E-state index in [1.807, 2.05) is 0 Å². The van der Waals surface area contributed by atoms with Crippen LogP contribution in [0.3, 0.4) is 0 Å². The summed E-state index contributed by atoms with van der Waals surface area (Å²) in [6.07, 6.45) is -0.314. The molecular formula is C17H13F3NO3-. The number of ether oxygens (including phenoxy) is 1. The smallest absolute Gasteiger partial charge is 0.416 e. The summed E-state index contributed by atoms with van der Waals surface area (Å²) in [5.41, 5.74) is 2.36. The third kappa shape index (κ3) is 3.26. The van der Waals surface area contributed by atoms with Gasteiger partial charge in [-0.1, -0.05) is 12.1 Å². The fourth-order valence-corrected chi connectivity index (χ4v) is 2.92. The monoisotopic (exact) mass is 336 g/mol. The molecule has 1 aliphatic carbocycles. The quantitative estimate of drug-likeness (QED) is 0.861. The summed E-state index contributed by atoms with van der Waals surface area (Å²) in [5, 5.41) is 10.5. The van der Waals surface area contributed by atoms with E-state index in [9.17, 15) is 23.1 Å². The van der Waals surface area contributed by atoms with Crippen molar-refractivity contribution in [1.29, 1.82) is 0 Å². The number of hydrogen-bond acceptors (Lipinski definition) is 4. The van der Waals surface area contributed by atoms with Gasteiger partial charge in [0.25, 0.3) is 0 Å². The molecule has 1 aliphatic rings. The highest BCUT2D eigenvalue weighted by Gasteiger charge is 2.30. The number of carboxylic acid groups (broad SMARTS) is 1. The summed E-state index contributed by atoms with van der Waals surface area (Å²) in [6.45, 7) is -0.505. The number of benzene rings is 1. The summed E-state index contributed by atoms with van der Waals surface area (Å²) in [7, 11) is 0. The highest BCUT2D eigenvalue weighted by atomic mass is 19.4. The lowest BCUT2D eigenvalue weighted by Crippen LogP contribution is -2.28. The minimum absolute atomic E-state index is 0.389. The minimum Gasteiger partial charge on any atom is -0.548 e. The van der Waals surface area contributed by atoms with Gasteiger partial charge in [-0.3, -0.25) is 4.98 Å². The Morgan fingerprint density at radius 1 is 1.25 bits per heavy atom. The summed E-state index contributed by atoms with van der Waals surface area (Å²) < 4.78 is 43.3. The number of carbonyl (C=O) groups is 1. The standard InChI is InChI=1S/C17H14F3NO3/c18-17(19,20)11-3-1-10(2-4-11)13-7-21-8-14-12(13)5-6-15(14)24-9-16(22)23/h1-4,7-8,15H,5-6,9H2,(H,22,23)/p-1. The number of alkyl halides is 3. The Kier molecular flexibility index (Phi) is 4.28. The molecule has 2 aromatic rings. The molecule has 126 valence electrons. The van der Waals surface area contributed by atoms with Gasteiger partial charge in [0.05, 0.1) is 24.2 Å². The number of aliphatic carboxylic acids is 1. The van der Waals surface area contributed by atoms with E-state index in [1.165, 1.54) is 12.1 Å². The van der Waals surface area contributed by atoms with Gasteiger partial charge in [0.1, 0.15) is 0 Å². The molecule has 0 N–H and O–H groups in total. The van der Waals surface area contributed by atoms with Crippen molar-refractivity contribution in [2.75, 3.05) is 6.61 Å². The normalized spacial score (nSPS) is 16.9. The molecule has 0 spiro atoms. The third-order valence-electron chi connectivity index (χ3n) is 4.02. The topological polar surface area (TPSA) is 62.2 Å². The summed E-state index contributed by atoms with van der Waals surface area (Å²) >= 11 is 0. The van der Waals surface area contributed by atoms with Crippen LogP contribution in [0.4, 0.5) is 13.2 Å². The zero-order chi connectivity index (χ0) is 17.3. The first kappa shape index (κ1) is 16.4. The van der Waals surface area contributed by atoms with Crippen LogP contribution in [0.2, 0.25) is 0 Å². The molecular weight excluding hydrogens is 323 g/mol. The molecule has 1 aromatic heterocycles. The van der Waals surface area contributed by atoms with Crippen LogP contribution in [-0.2, 0) is 22.1 Å². The Morgan fingerprint density at radius 2 is 1.96 bits per heavy atom. The van der Waals surface area contributed by atoms with Crippen LogP contribution in [0, 0.1) is 0 Å². The number of halogens is 3. The van der Waals surface area contributed by atoms with E-state index in [0.29, 0.717) is 18.4 Å². The average molecular weight is 336 g/mol. The van der Waals surface area contributed by atoms with Gasteiger partial charge in [0.2, 0.25) is 0 Å². The SMILES string of the molecule is O=C([O-])COC1CCc2c(-c3ccc(C(F)(F)F)cc3)cncc21. The lowest BCUT2D eigenvalue weighted by atomic mass is 9.98. The Hall–Kier alpha value is -2.41. The lowest BCUT2D eigenvalue weighted by Gasteiger charge is -2.14. The number of carboxylic acids is 1. The van der Waals surface area contributed by atoms with Crippen molar-refractivity contribution >= 4 is 5.97 Å².